The summed E-state index contributed by atoms with van der Waals surface area (Å²) in [7, 11) is -2.68. The van der Waals surface area contributed by atoms with E-state index in [0.717, 1.165) is 31.6 Å². The summed E-state index contributed by atoms with van der Waals surface area (Å²) in [6.07, 6.45) is 4.56. The maximum absolute atomic E-state index is 8.36. The normalized spacial score (nSPS) is 10.4. The molecule has 0 spiro atoms. The van der Waals surface area contributed by atoms with E-state index in [0.29, 0.717) is 0 Å². The number of anilines is 2. The van der Waals surface area contributed by atoms with Crippen molar-refractivity contribution >= 4 is 85.5 Å². The Morgan fingerprint density at radius 1 is 0.292 bits per heavy atom. The summed E-state index contributed by atoms with van der Waals surface area (Å²) in [6.45, 7) is 20.2. The van der Waals surface area contributed by atoms with E-state index >= 15 is 0 Å². The monoisotopic (exact) mass is 1550 g/mol. The third kappa shape index (κ3) is 29.2. The van der Waals surface area contributed by atoms with Gasteiger partial charge in [0.05, 0.1) is 0 Å². The standard InChI is InChI=1S/C65H58N2P4.2C6H15N.2Ag.2HNO3.H2O/c1-9-25-58(26-10-1)68(59-27-11-2-12-28-59)50-66(51-69(60-29-13-3-14-30-60)61-31-15-4-16-32-61)56-45-41-54(42-46-56)49-55-43-47-57(48-44-55)67(52-70(62-33-17-5-18-34-62)63-35-19-6-20-36-63)53-71(64-37-21-7-22-38-64)65-39-23-8-24-40-65;2*1-4-7(5-2)6-3;;;2*2-1(3)4;/h1-48H,49-53H2;2*4-6H2,1-3H3;;;2*(H,2,3,4);1H2. The van der Waals surface area contributed by atoms with E-state index in [2.05, 4.69) is 352 Å². The van der Waals surface area contributed by atoms with Crippen molar-refractivity contribution in [2.75, 3.05) is 74.2 Å². The average Bonchev–Trinajstić information content (AvgIpc) is 0.894. The van der Waals surface area contributed by atoms with Gasteiger partial charge < -0.3 is 35.5 Å². The van der Waals surface area contributed by atoms with Crippen LogP contribution in [0.1, 0.15) is 52.7 Å². The summed E-state index contributed by atoms with van der Waals surface area (Å²) in [5.41, 5.74) is 5.15. The zero-order valence-electron chi connectivity index (χ0n) is 55.6. The molecule has 0 atom stereocenters. The first-order valence-corrected chi connectivity index (χ1v) is 37.8. The van der Waals surface area contributed by atoms with Crippen LogP contribution in [0.3, 0.4) is 0 Å². The van der Waals surface area contributed by atoms with Crippen molar-refractivity contribution in [1.29, 1.82) is 0 Å². The Morgan fingerprint density at radius 2 is 0.438 bits per heavy atom. The predicted octanol–water partition coefficient (Wildman–Crippen LogP) is 14.4. The second-order valence-electron chi connectivity index (χ2n) is 21.3. The molecule has 514 valence electrons. The molecule has 19 heteroatoms. The van der Waals surface area contributed by atoms with Crippen LogP contribution in [0, 0.1) is 20.2 Å². The van der Waals surface area contributed by atoms with Crippen LogP contribution < -0.4 is 52.2 Å². The minimum atomic E-state index is -1.50. The van der Waals surface area contributed by atoms with Gasteiger partial charge in [-0.25, -0.2) is 0 Å². The van der Waals surface area contributed by atoms with Crippen LogP contribution in [-0.4, -0.2) is 100 Å². The van der Waals surface area contributed by atoms with Gasteiger partial charge in [-0.1, -0.05) is 308 Å². The van der Waals surface area contributed by atoms with E-state index in [1.54, 1.807) is 0 Å². The summed E-state index contributed by atoms with van der Waals surface area (Å²) in [5, 5.41) is 38.5. The van der Waals surface area contributed by atoms with Crippen LogP contribution >= 0.6 is 31.7 Å². The summed E-state index contributed by atoms with van der Waals surface area (Å²) in [4.78, 5) is 26.8. The first-order chi connectivity index (χ1) is 45.4. The fraction of sp³-hybridized carbons (Fsp3) is 0.221. The molecule has 4 N–H and O–H groups in total. The summed E-state index contributed by atoms with van der Waals surface area (Å²) < 4.78 is 0. The maximum Gasteiger partial charge on any atom is 0.291 e. The van der Waals surface area contributed by atoms with E-state index < -0.39 is 41.9 Å². The average molecular weight is 1550 g/mol. The number of hydrogen-bond acceptors (Lipinski definition) is 8. The van der Waals surface area contributed by atoms with E-state index in [1.165, 1.54) is 104 Å². The molecule has 10 aromatic rings. The zero-order chi connectivity index (χ0) is 66.4. The fourth-order valence-electron chi connectivity index (χ4n) is 10.4. The van der Waals surface area contributed by atoms with Gasteiger partial charge in [0.25, 0.3) is 10.2 Å². The van der Waals surface area contributed by atoms with Gasteiger partial charge in [-0.3, -0.25) is 0 Å². The SMILES string of the molecule is CCN(CC)CC.CCN(CC)CC.O.O=[N+]([O-])O.O=[N+]([O-])O.[Ag].[Ag].c1ccc(P(CN(CP(c2ccccc2)c2ccccc2)c2ccc(Cc3ccc(N(CP(c4ccccc4)c4ccccc4)CP(c4ccccc4)c4ccccc4)cc3)cc2)c2ccccc2)cc1. The molecule has 0 aliphatic rings. The van der Waals surface area contributed by atoms with Gasteiger partial charge in [0.1, 0.15) is 0 Å². The minimum absolute atomic E-state index is 0. The molecule has 2 radical (unpaired) electrons. The molecular weight excluding hydrogens is 1460 g/mol. The van der Waals surface area contributed by atoms with Crippen LogP contribution in [0.2, 0.25) is 0 Å². The van der Waals surface area contributed by atoms with Gasteiger partial charge in [0.2, 0.25) is 0 Å². The number of benzene rings is 10. The predicted molar refractivity (Wildman–Crippen MR) is 405 cm³/mol. The molecule has 13 nitrogen and oxygen atoms in total. The van der Waals surface area contributed by atoms with E-state index in [9.17, 15) is 0 Å². The van der Waals surface area contributed by atoms with Crippen LogP contribution in [-0.2, 0) is 51.2 Å². The van der Waals surface area contributed by atoms with Crippen LogP contribution in [0.5, 0.6) is 0 Å². The molecule has 0 saturated carbocycles. The summed E-state index contributed by atoms with van der Waals surface area (Å²) >= 11 is 0. The smallest absolute Gasteiger partial charge is 0.291 e. The Balaban J connectivity index is 0.000000833. The quantitative estimate of drug-likeness (QED) is 0.0230. The van der Waals surface area contributed by atoms with Crippen molar-refractivity contribution in [1.82, 2.24) is 9.80 Å². The fourth-order valence-corrected chi connectivity index (χ4v) is 19.9. The Labute approximate surface area is 606 Å². The van der Waals surface area contributed by atoms with Gasteiger partial charge in [-0.15, -0.1) is 20.2 Å². The Bertz CT molecular complexity index is 3010. The molecular formula is C77H92Ag2N6O7P4. The van der Waals surface area contributed by atoms with Crippen LogP contribution in [0.25, 0.3) is 0 Å². The number of nitrogens with zero attached hydrogens (tertiary/aromatic N) is 6. The van der Waals surface area contributed by atoms with Gasteiger partial charge in [0.15, 0.2) is 0 Å². The third-order valence-corrected chi connectivity index (χ3v) is 25.4. The first-order valence-electron chi connectivity index (χ1n) is 31.7. The molecule has 0 bridgehead atoms. The maximum atomic E-state index is 8.36. The van der Waals surface area contributed by atoms with Crippen molar-refractivity contribution in [3.8, 4) is 0 Å². The van der Waals surface area contributed by atoms with Gasteiger partial charge >= 0.3 is 0 Å². The molecule has 0 aromatic heterocycles. The molecule has 0 amide bonds. The molecule has 0 heterocycles. The minimum Gasteiger partial charge on any atom is -0.412 e. The van der Waals surface area contributed by atoms with Gasteiger partial charge in [0, 0.05) is 81.3 Å². The van der Waals surface area contributed by atoms with Crippen LogP contribution in [0.15, 0.2) is 291 Å². The molecule has 0 saturated heterocycles. The van der Waals surface area contributed by atoms with E-state index in [-0.39, 0.29) is 50.2 Å². The largest absolute Gasteiger partial charge is 0.412 e. The molecule has 0 unspecified atom stereocenters. The van der Waals surface area contributed by atoms with Gasteiger partial charge in [-0.2, -0.15) is 0 Å². The van der Waals surface area contributed by atoms with Crippen molar-refractivity contribution in [2.45, 2.75) is 48.0 Å². The summed E-state index contributed by atoms with van der Waals surface area (Å²) in [5.74, 6) is 0. The molecule has 10 aromatic carbocycles. The Kier molecular flexibility index (Phi) is 41.8. The Hall–Kier alpha value is -6.72. The van der Waals surface area contributed by atoms with Crippen molar-refractivity contribution in [3.05, 3.63) is 323 Å². The van der Waals surface area contributed by atoms with Crippen molar-refractivity contribution in [3.63, 3.8) is 0 Å². The number of rotatable bonds is 26. The second kappa shape index (κ2) is 48.1. The molecule has 10 rings (SSSR count). The molecule has 0 fully saturated rings. The molecule has 0 aliphatic heterocycles. The van der Waals surface area contributed by atoms with Crippen LogP contribution in [0.4, 0.5) is 11.4 Å². The van der Waals surface area contributed by atoms with Crippen molar-refractivity contribution < 1.29 is 70.8 Å². The third-order valence-electron chi connectivity index (χ3n) is 15.5. The summed E-state index contributed by atoms with van der Waals surface area (Å²) in [6, 6.07) is 108. The molecule has 96 heavy (non-hydrogen) atoms. The first kappa shape index (κ1) is 83.5. The van der Waals surface area contributed by atoms with Crippen molar-refractivity contribution in [2.24, 2.45) is 0 Å². The van der Waals surface area contributed by atoms with E-state index in [1.807, 2.05) is 0 Å². The van der Waals surface area contributed by atoms with E-state index in [4.69, 9.17) is 30.6 Å². The number of hydrogen-bond donors (Lipinski definition) is 2. The topological polar surface area (TPSA) is 171 Å². The second-order valence-corrected chi connectivity index (χ2v) is 30.0. The van der Waals surface area contributed by atoms with Gasteiger partial charge in [-0.05, 0) is 155 Å². The molecule has 0 aliphatic carbocycles. The zero-order valence-corrected chi connectivity index (χ0v) is 62.1. The Morgan fingerprint density at radius 3 is 0.562 bits per heavy atom.